The largest absolute Gasteiger partial charge is 0.480 e. The van der Waals surface area contributed by atoms with Crippen molar-refractivity contribution in [3.63, 3.8) is 0 Å². The average molecular weight is 467 g/mol. The van der Waals surface area contributed by atoms with Crippen molar-refractivity contribution in [2.24, 2.45) is 23.0 Å². The van der Waals surface area contributed by atoms with Crippen LogP contribution in [0, 0.1) is 17.3 Å². The number of hydrogen-bond acceptors (Lipinski definition) is 4. The quantitative estimate of drug-likeness (QED) is 0.297. The zero-order valence-corrected chi connectivity index (χ0v) is 20.8. The molecule has 0 aromatic heterocycles. The molecular weight excluding hydrogens is 420 g/mol. The highest BCUT2D eigenvalue weighted by atomic mass is 16.4. The van der Waals surface area contributed by atoms with Crippen molar-refractivity contribution >= 4 is 17.9 Å². The maximum Gasteiger partial charge on any atom is 0.326 e. The summed E-state index contributed by atoms with van der Waals surface area (Å²) in [7, 11) is 0. The molecule has 2 aliphatic rings. The summed E-state index contributed by atoms with van der Waals surface area (Å²) in [6.07, 6.45) is 10.9. The number of carboxylic acids is 1. The smallest absolute Gasteiger partial charge is 0.326 e. The van der Waals surface area contributed by atoms with E-state index in [1.807, 2.05) is 0 Å². The molecule has 0 spiro atoms. The van der Waals surface area contributed by atoms with Gasteiger partial charge in [-0.2, -0.15) is 0 Å². The lowest BCUT2D eigenvalue weighted by Crippen LogP contribution is -2.56. The topological polar surface area (TPSA) is 134 Å². The SMILES string of the molecule is CC1CC(NC(=O)[C@H](CC2CCCCC2)NC(=O)NC(CCCCN)C(=O)O)CC(C)(C)C1. The molecule has 190 valence electrons. The molecule has 2 aliphatic carbocycles. The zero-order chi connectivity index (χ0) is 24.4. The lowest BCUT2D eigenvalue weighted by atomic mass is 9.70. The standard InChI is InChI=1S/C25H46N4O4/c1-17-13-19(16-25(2,3)15-17)27-22(30)21(14-18-9-5-4-6-10-18)29-24(33)28-20(23(31)32)11-7-8-12-26/h17-21H,4-16,26H2,1-3H3,(H,27,30)(H,31,32)(H2,28,29,33)/t17?,19?,20?,21-/m0/s1. The van der Waals surface area contributed by atoms with Crippen molar-refractivity contribution in [1.29, 1.82) is 0 Å². The van der Waals surface area contributed by atoms with Crippen LogP contribution >= 0.6 is 0 Å². The first-order valence-electron chi connectivity index (χ1n) is 12.9. The van der Waals surface area contributed by atoms with E-state index in [9.17, 15) is 19.5 Å². The molecule has 0 heterocycles. The predicted octanol–water partition coefficient (Wildman–Crippen LogP) is 3.54. The third-order valence-electron chi connectivity index (χ3n) is 7.20. The van der Waals surface area contributed by atoms with Crippen molar-refractivity contribution in [3.8, 4) is 0 Å². The zero-order valence-electron chi connectivity index (χ0n) is 20.8. The molecule has 8 nitrogen and oxygen atoms in total. The van der Waals surface area contributed by atoms with Crippen LogP contribution in [0.25, 0.3) is 0 Å². The molecule has 2 rings (SSSR count). The summed E-state index contributed by atoms with van der Waals surface area (Å²) in [6.45, 7) is 7.19. The Morgan fingerprint density at radius 1 is 1.03 bits per heavy atom. The van der Waals surface area contributed by atoms with Crippen LogP contribution in [0.15, 0.2) is 0 Å². The second kappa shape index (κ2) is 13.2. The number of rotatable bonds is 11. The third kappa shape index (κ3) is 9.90. The predicted molar refractivity (Wildman–Crippen MR) is 130 cm³/mol. The first-order chi connectivity index (χ1) is 15.6. The van der Waals surface area contributed by atoms with Crippen molar-refractivity contribution < 1.29 is 19.5 Å². The molecule has 6 N–H and O–H groups in total. The van der Waals surface area contributed by atoms with Crippen LogP contribution in [0.4, 0.5) is 4.79 Å². The fourth-order valence-electron chi connectivity index (χ4n) is 5.85. The fraction of sp³-hybridized carbons (Fsp3) is 0.880. The van der Waals surface area contributed by atoms with Gasteiger partial charge in [-0.25, -0.2) is 9.59 Å². The van der Waals surface area contributed by atoms with Gasteiger partial charge in [-0.15, -0.1) is 0 Å². The van der Waals surface area contributed by atoms with Crippen LogP contribution in [0.1, 0.15) is 97.8 Å². The number of nitrogens with two attached hydrogens (primary N) is 1. The normalized spacial score (nSPS) is 25.0. The van der Waals surface area contributed by atoms with E-state index in [1.54, 1.807) is 0 Å². The highest BCUT2D eigenvalue weighted by Gasteiger charge is 2.35. The fourth-order valence-corrected chi connectivity index (χ4v) is 5.85. The highest BCUT2D eigenvalue weighted by molar-refractivity contribution is 5.89. The molecular formula is C25H46N4O4. The molecule has 0 saturated heterocycles. The van der Waals surface area contributed by atoms with Crippen LogP contribution in [-0.2, 0) is 9.59 Å². The molecule has 0 bridgehead atoms. The Morgan fingerprint density at radius 3 is 2.30 bits per heavy atom. The number of urea groups is 1. The van der Waals surface area contributed by atoms with E-state index in [1.165, 1.54) is 6.42 Å². The molecule has 33 heavy (non-hydrogen) atoms. The molecule has 0 radical (unpaired) electrons. The van der Waals surface area contributed by atoms with E-state index in [4.69, 9.17) is 5.73 Å². The Labute approximate surface area is 199 Å². The van der Waals surface area contributed by atoms with Gasteiger partial charge in [0.15, 0.2) is 0 Å². The Hall–Kier alpha value is -1.83. The molecule has 0 aromatic rings. The van der Waals surface area contributed by atoms with Crippen molar-refractivity contribution in [2.75, 3.05) is 6.54 Å². The van der Waals surface area contributed by atoms with Gasteiger partial charge in [0.25, 0.3) is 0 Å². The van der Waals surface area contributed by atoms with Gasteiger partial charge in [0.1, 0.15) is 12.1 Å². The molecule has 2 fully saturated rings. The number of carboxylic acid groups (broad SMARTS) is 1. The van der Waals surface area contributed by atoms with Crippen LogP contribution in [0.3, 0.4) is 0 Å². The van der Waals surface area contributed by atoms with Crippen molar-refractivity contribution in [1.82, 2.24) is 16.0 Å². The van der Waals surface area contributed by atoms with Gasteiger partial charge < -0.3 is 26.8 Å². The van der Waals surface area contributed by atoms with E-state index < -0.39 is 24.1 Å². The monoisotopic (exact) mass is 466 g/mol. The van der Waals surface area contributed by atoms with E-state index in [0.717, 1.165) is 44.9 Å². The lowest BCUT2D eigenvalue weighted by Gasteiger charge is -2.40. The lowest BCUT2D eigenvalue weighted by molar-refractivity contribution is -0.139. The summed E-state index contributed by atoms with van der Waals surface area (Å²) < 4.78 is 0. The van der Waals surface area contributed by atoms with Crippen LogP contribution < -0.4 is 21.7 Å². The summed E-state index contributed by atoms with van der Waals surface area (Å²) >= 11 is 0. The van der Waals surface area contributed by atoms with Gasteiger partial charge in [0.2, 0.25) is 5.91 Å². The Balaban J connectivity index is 2.01. The third-order valence-corrected chi connectivity index (χ3v) is 7.20. The molecule has 3 unspecified atom stereocenters. The van der Waals surface area contributed by atoms with E-state index in [2.05, 4.69) is 36.7 Å². The first kappa shape index (κ1) is 27.4. The van der Waals surface area contributed by atoms with Crippen LogP contribution in [-0.4, -0.2) is 47.7 Å². The summed E-state index contributed by atoms with van der Waals surface area (Å²) in [4.78, 5) is 37.6. The van der Waals surface area contributed by atoms with Gasteiger partial charge in [0.05, 0.1) is 0 Å². The summed E-state index contributed by atoms with van der Waals surface area (Å²) in [5, 5.41) is 18.0. The maximum absolute atomic E-state index is 13.3. The van der Waals surface area contributed by atoms with Crippen molar-refractivity contribution in [3.05, 3.63) is 0 Å². The molecule has 3 amide bonds. The number of aliphatic carboxylic acids is 1. The van der Waals surface area contributed by atoms with Crippen LogP contribution in [0.5, 0.6) is 0 Å². The number of hydrogen-bond donors (Lipinski definition) is 5. The summed E-state index contributed by atoms with van der Waals surface area (Å²) in [6, 6.07) is -2.15. The highest BCUT2D eigenvalue weighted by Crippen LogP contribution is 2.38. The van der Waals surface area contributed by atoms with Gasteiger partial charge in [0, 0.05) is 6.04 Å². The second-order valence-electron chi connectivity index (χ2n) is 11.2. The van der Waals surface area contributed by atoms with E-state index in [-0.39, 0.29) is 17.4 Å². The molecule has 8 heteroatoms. The van der Waals surface area contributed by atoms with E-state index >= 15 is 0 Å². The number of nitrogens with one attached hydrogen (secondary N) is 3. The average Bonchev–Trinajstić information content (AvgIpc) is 2.71. The Morgan fingerprint density at radius 2 is 1.70 bits per heavy atom. The van der Waals surface area contributed by atoms with E-state index in [0.29, 0.717) is 44.1 Å². The van der Waals surface area contributed by atoms with Crippen molar-refractivity contribution in [2.45, 2.75) is 116 Å². The summed E-state index contributed by atoms with van der Waals surface area (Å²) in [5.74, 6) is -0.289. The number of carbonyl (C=O) groups is 3. The van der Waals surface area contributed by atoms with Gasteiger partial charge in [-0.3, -0.25) is 4.79 Å². The maximum atomic E-state index is 13.3. The number of carbonyl (C=O) groups excluding carboxylic acids is 2. The van der Waals surface area contributed by atoms with Gasteiger partial charge in [-0.05, 0) is 68.7 Å². The first-order valence-corrected chi connectivity index (χ1v) is 12.9. The Bertz CT molecular complexity index is 648. The van der Waals surface area contributed by atoms with Gasteiger partial charge in [-0.1, -0.05) is 52.9 Å². The minimum Gasteiger partial charge on any atom is -0.480 e. The van der Waals surface area contributed by atoms with Crippen LogP contribution in [0.2, 0.25) is 0 Å². The summed E-state index contributed by atoms with van der Waals surface area (Å²) in [5.41, 5.74) is 5.67. The Kier molecular flexibility index (Phi) is 10.9. The minimum atomic E-state index is -1.08. The molecule has 4 atom stereocenters. The second-order valence-corrected chi connectivity index (χ2v) is 11.2. The van der Waals surface area contributed by atoms with Gasteiger partial charge >= 0.3 is 12.0 Å². The minimum absolute atomic E-state index is 0.0954. The number of amides is 3. The molecule has 0 aromatic carbocycles. The molecule has 0 aliphatic heterocycles. The number of unbranched alkanes of at least 4 members (excludes halogenated alkanes) is 1. The molecule has 2 saturated carbocycles.